The zero-order valence-corrected chi connectivity index (χ0v) is 22.3. The Morgan fingerprint density at radius 2 is 1.51 bits per heavy atom. The van der Waals surface area contributed by atoms with Gasteiger partial charge in [-0.05, 0) is 92.4 Å². The second-order valence-electron chi connectivity index (χ2n) is 11.1. The van der Waals surface area contributed by atoms with Crippen LogP contribution in [0, 0.1) is 23.6 Å². The lowest BCUT2D eigenvalue weighted by Gasteiger charge is -2.38. The molecule has 0 aromatic heterocycles. The number of hydrogen-bond acceptors (Lipinski definition) is 2. The molecular weight excluding hydrogens is 473 g/mol. The van der Waals surface area contributed by atoms with Crippen molar-refractivity contribution in [2.24, 2.45) is 17.8 Å². The molecular formula is C32H41F3O2. The van der Waals surface area contributed by atoms with Crippen molar-refractivity contribution in [2.45, 2.75) is 96.8 Å². The molecule has 2 nitrogen and oxygen atoms in total. The van der Waals surface area contributed by atoms with Crippen molar-refractivity contribution in [1.82, 2.24) is 0 Å². The number of hydrogen-bond donors (Lipinski definition) is 0. The topological polar surface area (TPSA) is 26.3 Å². The Hall–Kier alpha value is -2.30. The molecule has 4 rings (SSSR count). The minimum absolute atomic E-state index is 0.0408. The number of rotatable bonds is 10. The molecule has 0 heterocycles. The third-order valence-electron chi connectivity index (χ3n) is 8.81. The highest BCUT2D eigenvalue weighted by Gasteiger charge is 2.31. The molecule has 0 aliphatic heterocycles. The lowest BCUT2D eigenvalue weighted by Crippen LogP contribution is -2.25. The number of Topliss-reactive ketones (excluding diaryl/α,β-unsaturated/α-hetero) is 1. The monoisotopic (exact) mass is 514 g/mol. The molecule has 0 unspecified atom stereocenters. The third-order valence-corrected chi connectivity index (χ3v) is 8.81. The molecule has 0 atom stereocenters. The highest BCUT2D eigenvalue weighted by Crippen LogP contribution is 2.44. The predicted octanol–water partition coefficient (Wildman–Crippen LogP) is 9.47. The van der Waals surface area contributed by atoms with Gasteiger partial charge in [0.05, 0.1) is 12.2 Å². The summed E-state index contributed by atoms with van der Waals surface area (Å²) in [7, 11) is 0. The first kappa shape index (κ1) is 27.7. The number of carbonyl (C=O) groups is 1. The molecule has 0 spiro atoms. The number of ether oxygens (including phenoxy) is 1. The highest BCUT2D eigenvalue weighted by molar-refractivity contribution is 5.99. The maximum atomic E-state index is 14.6. The first-order chi connectivity index (χ1) is 17.9. The average molecular weight is 515 g/mol. The summed E-state index contributed by atoms with van der Waals surface area (Å²) < 4.78 is 46.9. The van der Waals surface area contributed by atoms with Crippen LogP contribution in [0.2, 0.25) is 0 Å². The van der Waals surface area contributed by atoms with Crippen molar-refractivity contribution in [3.63, 3.8) is 0 Å². The lowest BCUT2D eigenvalue weighted by atomic mass is 9.68. The molecule has 0 radical (unpaired) electrons. The zero-order chi connectivity index (χ0) is 26.4. The van der Waals surface area contributed by atoms with Crippen LogP contribution >= 0.6 is 0 Å². The van der Waals surface area contributed by atoms with Crippen LogP contribution in [0.5, 0.6) is 5.75 Å². The van der Waals surface area contributed by atoms with Gasteiger partial charge in [-0.15, -0.1) is 0 Å². The van der Waals surface area contributed by atoms with E-state index in [4.69, 9.17) is 4.74 Å². The molecule has 2 fully saturated rings. The molecule has 0 saturated heterocycles. The van der Waals surface area contributed by atoms with Gasteiger partial charge in [0.1, 0.15) is 0 Å². The summed E-state index contributed by atoms with van der Waals surface area (Å²) in [6, 6.07) is 10.5. The molecule has 2 aliphatic rings. The van der Waals surface area contributed by atoms with Gasteiger partial charge in [0.15, 0.2) is 17.3 Å². The maximum Gasteiger partial charge on any atom is 0.267 e. The summed E-state index contributed by atoms with van der Waals surface area (Å²) >= 11 is 0. The summed E-state index contributed by atoms with van der Waals surface area (Å²) in [4.78, 5) is 12.8. The van der Waals surface area contributed by atoms with Crippen molar-refractivity contribution >= 4 is 5.78 Å². The van der Waals surface area contributed by atoms with Crippen LogP contribution in [0.1, 0.15) is 117 Å². The van der Waals surface area contributed by atoms with Crippen molar-refractivity contribution in [3.8, 4) is 5.75 Å². The lowest BCUT2D eigenvalue weighted by molar-refractivity contribution is 0.0975. The first-order valence-electron chi connectivity index (χ1n) is 14.3. The standard InChI is InChI=1S/C32H41F3O2/c1-3-5-21-6-10-23(11-7-21)25-14-16-26(17-15-25)24-12-8-22(9-13-24)20-28(36)27-18-19-29(37-4-2)31(33)30(27)32(34)35/h8-9,12-13,18-19,21,23,25-26,32H,3-7,10-11,14-17,20H2,1-2H3. The van der Waals surface area contributed by atoms with Crippen LogP contribution in [0.25, 0.3) is 0 Å². The second-order valence-corrected chi connectivity index (χ2v) is 11.1. The van der Waals surface area contributed by atoms with E-state index < -0.39 is 23.6 Å². The van der Waals surface area contributed by atoms with Crippen LogP contribution in [0.3, 0.4) is 0 Å². The molecule has 5 heteroatoms. The van der Waals surface area contributed by atoms with Gasteiger partial charge >= 0.3 is 0 Å². The van der Waals surface area contributed by atoms with E-state index in [1.54, 1.807) is 6.92 Å². The van der Waals surface area contributed by atoms with Crippen molar-refractivity contribution in [2.75, 3.05) is 6.61 Å². The van der Waals surface area contributed by atoms with E-state index >= 15 is 0 Å². The molecule has 202 valence electrons. The molecule has 2 aromatic rings. The minimum Gasteiger partial charge on any atom is -0.491 e. The van der Waals surface area contributed by atoms with Gasteiger partial charge in [-0.25, -0.2) is 13.2 Å². The highest BCUT2D eigenvalue weighted by atomic mass is 19.3. The Morgan fingerprint density at radius 1 is 0.892 bits per heavy atom. The fraction of sp³-hybridized carbons (Fsp3) is 0.594. The number of alkyl halides is 2. The maximum absolute atomic E-state index is 14.6. The van der Waals surface area contributed by atoms with Gasteiger partial charge in [0.25, 0.3) is 6.43 Å². The normalized spacial score (nSPS) is 24.3. The Morgan fingerprint density at radius 3 is 2.08 bits per heavy atom. The third kappa shape index (κ3) is 6.78. The zero-order valence-electron chi connectivity index (χ0n) is 22.3. The van der Waals surface area contributed by atoms with E-state index in [-0.39, 0.29) is 24.3 Å². The van der Waals surface area contributed by atoms with Crippen LogP contribution in [-0.4, -0.2) is 12.4 Å². The summed E-state index contributed by atoms with van der Waals surface area (Å²) in [5, 5.41) is 0. The SMILES string of the molecule is CCCC1CCC(C2CCC(c3ccc(CC(=O)c4ccc(OCC)c(F)c4C(F)F)cc3)CC2)CC1. The van der Waals surface area contributed by atoms with Crippen LogP contribution < -0.4 is 4.74 Å². The minimum atomic E-state index is -3.09. The number of benzene rings is 2. The van der Waals surface area contributed by atoms with E-state index in [0.29, 0.717) is 5.92 Å². The van der Waals surface area contributed by atoms with Gasteiger partial charge in [0.2, 0.25) is 0 Å². The Kier molecular flexibility index (Phi) is 9.72. The largest absolute Gasteiger partial charge is 0.491 e. The second kappa shape index (κ2) is 13.0. The van der Waals surface area contributed by atoms with Crippen LogP contribution in [0.4, 0.5) is 13.2 Å². The quantitative estimate of drug-likeness (QED) is 0.295. The van der Waals surface area contributed by atoms with E-state index in [9.17, 15) is 18.0 Å². The van der Waals surface area contributed by atoms with Crippen LogP contribution in [-0.2, 0) is 6.42 Å². The van der Waals surface area contributed by atoms with Gasteiger partial charge in [-0.2, -0.15) is 0 Å². The smallest absolute Gasteiger partial charge is 0.267 e. The Labute approximate surface area is 220 Å². The first-order valence-corrected chi connectivity index (χ1v) is 14.3. The van der Waals surface area contributed by atoms with E-state index in [1.807, 2.05) is 12.1 Å². The molecule has 37 heavy (non-hydrogen) atoms. The van der Waals surface area contributed by atoms with Gasteiger partial charge in [0, 0.05) is 12.0 Å². The number of ketones is 1. The molecule has 2 aliphatic carbocycles. The summed E-state index contributed by atoms with van der Waals surface area (Å²) in [6.45, 7) is 4.10. The molecule has 0 N–H and O–H groups in total. The van der Waals surface area contributed by atoms with E-state index in [1.165, 1.54) is 81.9 Å². The summed E-state index contributed by atoms with van der Waals surface area (Å²) in [5.74, 6) is 1.36. The number of carbonyl (C=O) groups excluding carboxylic acids is 1. The van der Waals surface area contributed by atoms with E-state index in [2.05, 4.69) is 19.1 Å². The number of halogens is 3. The van der Waals surface area contributed by atoms with Crippen molar-refractivity contribution < 1.29 is 22.7 Å². The van der Waals surface area contributed by atoms with Crippen molar-refractivity contribution in [3.05, 3.63) is 64.5 Å². The average Bonchev–Trinajstić information content (AvgIpc) is 2.91. The molecule has 2 saturated carbocycles. The predicted molar refractivity (Wildman–Crippen MR) is 142 cm³/mol. The van der Waals surface area contributed by atoms with Crippen LogP contribution in [0.15, 0.2) is 36.4 Å². The molecule has 2 aromatic carbocycles. The van der Waals surface area contributed by atoms with Crippen molar-refractivity contribution in [1.29, 1.82) is 0 Å². The molecule has 0 bridgehead atoms. The van der Waals surface area contributed by atoms with Gasteiger partial charge in [-0.3, -0.25) is 4.79 Å². The van der Waals surface area contributed by atoms with Gasteiger partial charge < -0.3 is 4.74 Å². The Bertz CT molecular complexity index is 1020. The Balaban J connectivity index is 1.33. The summed E-state index contributed by atoms with van der Waals surface area (Å²) in [6.07, 6.45) is 10.2. The molecule has 0 amide bonds. The van der Waals surface area contributed by atoms with E-state index in [0.717, 1.165) is 23.3 Å². The fourth-order valence-electron chi connectivity index (χ4n) is 6.77. The summed E-state index contributed by atoms with van der Waals surface area (Å²) in [5.41, 5.74) is 0.896. The van der Waals surface area contributed by atoms with Gasteiger partial charge in [-0.1, -0.05) is 56.9 Å². The fourth-order valence-corrected chi connectivity index (χ4v) is 6.77.